The van der Waals surface area contributed by atoms with Crippen LogP contribution < -0.4 is 16.9 Å². The third-order valence-electron chi connectivity index (χ3n) is 1.94. The van der Waals surface area contributed by atoms with Gasteiger partial charge < -0.3 is 10.5 Å². The topological polar surface area (TPSA) is 90.1 Å². The maximum Gasteiger partial charge on any atom is 0.265 e. The molecule has 1 unspecified atom stereocenters. The minimum absolute atomic E-state index is 0.259. The second-order valence-corrected chi connectivity index (χ2v) is 3.07. The van der Waals surface area contributed by atoms with E-state index in [0.717, 1.165) is 0 Å². The van der Waals surface area contributed by atoms with Crippen molar-refractivity contribution in [2.75, 3.05) is 13.2 Å². The molecule has 0 aliphatic heterocycles. The van der Waals surface area contributed by atoms with Gasteiger partial charge in [0.1, 0.15) is 0 Å². The summed E-state index contributed by atoms with van der Waals surface area (Å²) in [6.45, 7) is 2.93. The summed E-state index contributed by atoms with van der Waals surface area (Å²) in [4.78, 5) is 22.3. The zero-order valence-corrected chi connectivity index (χ0v) is 8.60. The van der Waals surface area contributed by atoms with E-state index in [1.54, 1.807) is 0 Å². The molecule has 1 heterocycles. The highest BCUT2D eigenvalue weighted by atomic mass is 16.5. The molecule has 3 N–H and O–H groups in total. The molecule has 0 aliphatic rings. The van der Waals surface area contributed by atoms with Crippen molar-refractivity contribution in [3.05, 3.63) is 32.8 Å². The van der Waals surface area contributed by atoms with Gasteiger partial charge in [-0.05, 0) is 6.92 Å². The van der Waals surface area contributed by atoms with Crippen molar-refractivity contribution in [1.29, 1.82) is 0 Å². The number of nitrogens with two attached hydrogens (primary N) is 1. The van der Waals surface area contributed by atoms with Crippen molar-refractivity contribution in [2.45, 2.75) is 19.6 Å². The summed E-state index contributed by atoms with van der Waals surface area (Å²) in [7, 11) is 0. The van der Waals surface area contributed by atoms with Gasteiger partial charge in [-0.2, -0.15) is 0 Å². The molecule has 0 aromatic carbocycles. The van der Waals surface area contributed by atoms with Crippen molar-refractivity contribution < 1.29 is 4.74 Å². The Balaban J connectivity index is 2.82. The van der Waals surface area contributed by atoms with E-state index in [-0.39, 0.29) is 23.8 Å². The van der Waals surface area contributed by atoms with Crippen LogP contribution in [0.1, 0.15) is 6.92 Å². The number of H-pyrrole nitrogens is 1. The van der Waals surface area contributed by atoms with Gasteiger partial charge in [0.2, 0.25) is 0 Å². The van der Waals surface area contributed by atoms with Crippen LogP contribution in [0, 0.1) is 0 Å². The summed E-state index contributed by atoms with van der Waals surface area (Å²) >= 11 is 0. The number of rotatable bonds is 5. The van der Waals surface area contributed by atoms with Gasteiger partial charge in [-0.25, -0.2) is 4.68 Å². The number of aromatic amines is 1. The van der Waals surface area contributed by atoms with E-state index in [1.807, 2.05) is 6.92 Å². The van der Waals surface area contributed by atoms with Crippen LogP contribution in [-0.4, -0.2) is 29.0 Å². The fourth-order valence-electron chi connectivity index (χ4n) is 1.23. The predicted octanol–water partition coefficient (Wildman–Crippen LogP) is -1.10. The first-order chi connectivity index (χ1) is 7.17. The van der Waals surface area contributed by atoms with Crippen LogP contribution in [0.25, 0.3) is 0 Å². The molecule has 0 spiro atoms. The van der Waals surface area contributed by atoms with Crippen LogP contribution in [0.4, 0.5) is 0 Å². The SMILES string of the molecule is CCOC(CN)Cn1[nH]c(=O)ccc1=O. The standard InChI is InChI=1S/C9H15N3O3/c1-2-15-7(5-10)6-12-9(14)4-3-8(13)11-12/h3-4,7H,2,5-6,10H2,1H3,(H,11,13). The molecule has 1 aromatic rings. The van der Waals surface area contributed by atoms with Gasteiger partial charge in [0.25, 0.3) is 11.1 Å². The summed E-state index contributed by atoms with van der Waals surface area (Å²) in [5.74, 6) is 0. The Morgan fingerprint density at radius 2 is 2.27 bits per heavy atom. The molecule has 1 aromatic heterocycles. The second-order valence-electron chi connectivity index (χ2n) is 3.07. The van der Waals surface area contributed by atoms with Crippen LogP contribution >= 0.6 is 0 Å². The zero-order chi connectivity index (χ0) is 11.3. The maximum absolute atomic E-state index is 11.3. The Hall–Kier alpha value is -1.40. The van der Waals surface area contributed by atoms with E-state index in [2.05, 4.69) is 5.10 Å². The van der Waals surface area contributed by atoms with E-state index in [1.165, 1.54) is 16.8 Å². The second kappa shape index (κ2) is 5.47. The van der Waals surface area contributed by atoms with Crippen molar-refractivity contribution in [1.82, 2.24) is 9.78 Å². The number of aromatic nitrogens is 2. The fraction of sp³-hybridized carbons (Fsp3) is 0.556. The Labute approximate surface area is 86.7 Å². The first-order valence-electron chi connectivity index (χ1n) is 4.79. The van der Waals surface area contributed by atoms with Crippen LogP contribution in [-0.2, 0) is 11.3 Å². The minimum Gasteiger partial charge on any atom is -0.375 e. The van der Waals surface area contributed by atoms with Crippen molar-refractivity contribution in [2.24, 2.45) is 5.73 Å². The molecule has 1 atom stereocenters. The van der Waals surface area contributed by atoms with Crippen molar-refractivity contribution >= 4 is 0 Å². The third kappa shape index (κ3) is 3.34. The smallest absolute Gasteiger partial charge is 0.265 e. The monoisotopic (exact) mass is 213 g/mol. The summed E-state index contributed by atoms with van der Waals surface area (Å²) in [5, 5.41) is 2.41. The van der Waals surface area contributed by atoms with Gasteiger partial charge in [0.15, 0.2) is 0 Å². The van der Waals surface area contributed by atoms with Gasteiger partial charge in [-0.3, -0.25) is 14.7 Å². The largest absolute Gasteiger partial charge is 0.375 e. The molecule has 0 bridgehead atoms. The molecule has 0 amide bonds. The Morgan fingerprint density at radius 1 is 1.53 bits per heavy atom. The molecule has 6 heteroatoms. The van der Waals surface area contributed by atoms with Crippen LogP contribution in [0.2, 0.25) is 0 Å². The molecule has 1 rings (SSSR count). The Morgan fingerprint density at radius 3 is 2.87 bits per heavy atom. The van der Waals surface area contributed by atoms with Crippen LogP contribution in [0.15, 0.2) is 21.7 Å². The molecule has 0 saturated carbocycles. The number of hydrogen-bond acceptors (Lipinski definition) is 4. The lowest BCUT2D eigenvalue weighted by atomic mass is 10.3. The summed E-state index contributed by atoms with van der Waals surface area (Å²) in [5.41, 5.74) is 4.87. The molecular weight excluding hydrogens is 198 g/mol. The Kier molecular flexibility index (Phi) is 4.26. The highest BCUT2D eigenvalue weighted by molar-refractivity contribution is 4.86. The third-order valence-corrected chi connectivity index (χ3v) is 1.94. The average Bonchev–Trinajstić information content (AvgIpc) is 2.22. The fourth-order valence-corrected chi connectivity index (χ4v) is 1.23. The van der Waals surface area contributed by atoms with Gasteiger partial charge in [0.05, 0.1) is 12.6 Å². The lowest BCUT2D eigenvalue weighted by Gasteiger charge is -2.15. The maximum atomic E-state index is 11.3. The highest BCUT2D eigenvalue weighted by Gasteiger charge is 2.08. The van der Waals surface area contributed by atoms with Gasteiger partial charge >= 0.3 is 0 Å². The zero-order valence-electron chi connectivity index (χ0n) is 8.60. The quantitative estimate of drug-likeness (QED) is 0.649. The number of hydrogen-bond donors (Lipinski definition) is 2. The molecule has 15 heavy (non-hydrogen) atoms. The molecule has 0 radical (unpaired) electrons. The van der Waals surface area contributed by atoms with E-state index >= 15 is 0 Å². The molecular formula is C9H15N3O3. The number of nitrogens with one attached hydrogen (secondary N) is 1. The van der Waals surface area contributed by atoms with E-state index < -0.39 is 0 Å². The van der Waals surface area contributed by atoms with E-state index in [4.69, 9.17) is 10.5 Å². The molecule has 0 fully saturated rings. The molecule has 6 nitrogen and oxygen atoms in total. The summed E-state index contributed by atoms with van der Waals surface area (Å²) in [6, 6.07) is 2.41. The normalized spacial score (nSPS) is 12.7. The van der Waals surface area contributed by atoms with E-state index in [0.29, 0.717) is 13.2 Å². The van der Waals surface area contributed by atoms with Gasteiger partial charge in [0, 0.05) is 25.3 Å². The first-order valence-corrected chi connectivity index (χ1v) is 4.79. The predicted molar refractivity (Wildman–Crippen MR) is 55.8 cm³/mol. The number of nitrogens with zero attached hydrogens (tertiary/aromatic N) is 1. The van der Waals surface area contributed by atoms with E-state index in [9.17, 15) is 9.59 Å². The van der Waals surface area contributed by atoms with Gasteiger partial charge in [-0.15, -0.1) is 0 Å². The van der Waals surface area contributed by atoms with Crippen molar-refractivity contribution in [3.8, 4) is 0 Å². The Bertz CT molecular complexity index is 410. The van der Waals surface area contributed by atoms with Crippen molar-refractivity contribution in [3.63, 3.8) is 0 Å². The first kappa shape index (κ1) is 11.7. The molecule has 0 saturated heterocycles. The average molecular weight is 213 g/mol. The molecule has 84 valence electrons. The lowest BCUT2D eigenvalue weighted by Crippen LogP contribution is -2.36. The minimum atomic E-state index is -0.318. The number of ether oxygens (including phenoxy) is 1. The van der Waals surface area contributed by atoms with Crippen LogP contribution in [0.3, 0.4) is 0 Å². The van der Waals surface area contributed by atoms with Crippen LogP contribution in [0.5, 0.6) is 0 Å². The molecule has 0 aliphatic carbocycles. The summed E-state index contributed by atoms with van der Waals surface area (Å²) in [6.07, 6.45) is -0.259. The lowest BCUT2D eigenvalue weighted by molar-refractivity contribution is 0.0530. The summed E-state index contributed by atoms with van der Waals surface area (Å²) < 4.78 is 6.49. The van der Waals surface area contributed by atoms with Gasteiger partial charge in [-0.1, -0.05) is 0 Å². The highest BCUT2D eigenvalue weighted by Crippen LogP contribution is 1.91.